The monoisotopic (exact) mass is 400 g/mol. The zero-order valence-corrected chi connectivity index (χ0v) is 17.3. The summed E-state index contributed by atoms with van der Waals surface area (Å²) in [6, 6.07) is 24.0. The van der Waals surface area contributed by atoms with Crippen LogP contribution in [0.2, 0.25) is 0 Å². The molecule has 152 valence electrons. The average molecular weight is 400 g/mol. The molecule has 30 heavy (non-hydrogen) atoms. The number of hydrogen-bond donors (Lipinski definition) is 0. The molecule has 0 spiro atoms. The summed E-state index contributed by atoms with van der Waals surface area (Å²) in [5.74, 6) is 2.26. The number of aromatic nitrogens is 2. The number of rotatable bonds is 7. The molecule has 0 saturated carbocycles. The second kappa shape index (κ2) is 8.33. The minimum absolute atomic E-state index is 0.753. The highest BCUT2D eigenvalue weighted by molar-refractivity contribution is 5.62. The Morgan fingerprint density at radius 2 is 1.03 bits per heavy atom. The molecule has 0 aliphatic heterocycles. The van der Waals surface area contributed by atoms with E-state index in [1.54, 1.807) is 27.5 Å². The van der Waals surface area contributed by atoms with Crippen LogP contribution in [-0.2, 0) is 5.54 Å². The maximum atomic E-state index is 5.82. The molecule has 1 aromatic heterocycles. The van der Waals surface area contributed by atoms with Crippen LogP contribution in [-0.4, -0.2) is 30.9 Å². The van der Waals surface area contributed by atoms with Crippen molar-refractivity contribution in [1.82, 2.24) is 9.55 Å². The number of nitrogens with zero attached hydrogens (tertiary/aromatic N) is 2. The van der Waals surface area contributed by atoms with E-state index in [-0.39, 0.29) is 0 Å². The van der Waals surface area contributed by atoms with Gasteiger partial charge >= 0.3 is 0 Å². The summed E-state index contributed by atoms with van der Waals surface area (Å²) >= 11 is 0. The van der Waals surface area contributed by atoms with Crippen LogP contribution in [0.25, 0.3) is 0 Å². The molecule has 0 bridgehead atoms. The number of benzene rings is 3. The van der Waals surface area contributed by atoms with Crippen LogP contribution in [0.4, 0.5) is 0 Å². The number of ether oxygens (including phenoxy) is 3. The van der Waals surface area contributed by atoms with E-state index in [4.69, 9.17) is 14.2 Å². The molecule has 1 heterocycles. The molecule has 0 aliphatic rings. The zero-order valence-electron chi connectivity index (χ0n) is 17.3. The van der Waals surface area contributed by atoms with Crippen molar-refractivity contribution in [2.45, 2.75) is 5.54 Å². The van der Waals surface area contributed by atoms with E-state index < -0.39 is 5.54 Å². The third-order valence-corrected chi connectivity index (χ3v) is 5.38. The summed E-state index contributed by atoms with van der Waals surface area (Å²) in [7, 11) is 5.05. The molecule has 5 nitrogen and oxygen atoms in total. The van der Waals surface area contributed by atoms with Gasteiger partial charge in [0.1, 0.15) is 22.8 Å². The van der Waals surface area contributed by atoms with Crippen molar-refractivity contribution in [3.8, 4) is 17.2 Å². The normalized spacial score (nSPS) is 11.2. The molecule has 0 amide bonds. The fourth-order valence-electron chi connectivity index (χ4n) is 4.14. The molecule has 5 heteroatoms. The highest BCUT2D eigenvalue weighted by atomic mass is 16.5. The van der Waals surface area contributed by atoms with Crippen LogP contribution < -0.4 is 14.2 Å². The Kier molecular flexibility index (Phi) is 5.44. The van der Waals surface area contributed by atoms with Crippen LogP contribution in [0, 0.1) is 0 Å². The van der Waals surface area contributed by atoms with Gasteiger partial charge in [-0.05, 0) is 18.2 Å². The SMILES string of the molecule is COc1ccccc1C(c1ccccc1OC)(c1ccccc1OC)n1ccnc1. The number of methoxy groups -OCH3 is 3. The van der Waals surface area contributed by atoms with Crippen LogP contribution in [0.15, 0.2) is 91.5 Å². The van der Waals surface area contributed by atoms with E-state index in [1.165, 1.54) is 0 Å². The first-order valence-corrected chi connectivity index (χ1v) is 9.66. The van der Waals surface area contributed by atoms with Gasteiger partial charge in [-0.3, -0.25) is 0 Å². The number of para-hydroxylation sites is 3. The predicted octanol–water partition coefficient (Wildman–Crippen LogP) is 4.75. The lowest BCUT2D eigenvalue weighted by Crippen LogP contribution is -2.38. The Bertz CT molecular complexity index is 1010. The smallest absolute Gasteiger partial charge is 0.132 e. The van der Waals surface area contributed by atoms with Gasteiger partial charge in [0, 0.05) is 29.1 Å². The minimum atomic E-state index is -0.845. The Balaban J connectivity index is 2.24. The van der Waals surface area contributed by atoms with E-state index in [2.05, 4.69) is 27.8 Å². The van der Waals surface area contributed by atoms with Gasteiger partial charge in [-0.25, -0.2) is 4.98 Å². The van der Waals surface area contributed by atoms with Crippen molar-refractivity contribution >= 4 is 0 Å². The van der Waals surface area contributed by atoms with Crippen LogP contribution >= 0.6 is 0 Å². The molecule has 3 aromatic carbocycles. The predicted molar refractivity (Wildman–Crippen MR) is 116 cm³/mol. The van der Waals surface area contributed by atoms with Gasteiger partial charge in [0.25, 0.3) is 0 Å². The maximum Gasteiger partial charge on any atom is 0.132 e. The Morgan fingerprint density at radius 3 is 1.37 bits per heavy atom. The minimum Gasteiger partial charge on any atom is -0.496 e. The summed E-state index contributed by atoms with van der Waals surface area (Å²) in [6.07, 6.45) is 5.53. The maximum absolute atomic E-state index is 5.82. The lowest BCUT2D eigenvalue weighted by Gasteiger charge is -2.39. The molecule has 0 atom stereocenters. The highest BCUT2D eigenvalue weighted by Crippen LogP contribution is 2.49. The van der Waals surface area contributed by atoms with Gasteiger partial charge in [0.2, 0.25) is 0 Å². The van der Waals surface area contributed by atoms with Gasteiger partial charge < -0.3 is 18.8 Å². The van der Waals surface area contributed by atoms with E-state index >= 15 is 0 Å². The van der Waals surface area contributed by atoms with Gasteiger partial charge in [-0.1, -0.05) is 54.6 Å². The highest BCUT2D eigenvalue weighted by Gasteiger charge is 2.44. The Labute approximate surface area is 176 Å². The molecule has 4 aromatic rings. The first-order valence-electron chi connectivity index (χ1n) is 9.66. The number of imidazole rings is 1. The topological polar surface area (TPSA) is 45.5 Å². The van der Waals surface area contributed by atoms with Crippen LogP contribution in [0.1, 0.15) is 16.7 Å². The van der Waals surface area contributed by atoms with Crippen molar-refractivity contribution in [2.75, 3.05) is 21.3 Å². The first-order chi connectivity index (χ1) is 14.8. The first kappa shape index (κ1) is 19.6. The summed E-state index contributed by atoms with van der Waals surface area (Å²) in [5.41, 5.74) is 1.99. The largest absolute Gasteiger partial charge is 0.496 e. The molecule has 0 radical (unpaired) electrons. The Hall–Kier alpha value is -3.73. The summed E-state index contributed by atoms with van der Waals surface area (Å²) < 4.78 is 19.5. The standard InChI is InChI=1S/C25H24N2O3/c1-28-22-13-7-4-10-19(22)25(27-17-16-26-18-27,20-11-5-8-14-23(20)29-2)21-12-6-9-15-24(21)30-3/h4-18H,1-3H3. The second-order valence-corrected chi connectivity index (χ2v) is 6.78. The van der Waals surface area contributed by atoms with E-state index in [1.807, 2.05) is 67.1 Å². The van der Waals surface area contributed by atoms with Crippen molar-refractivity contribution in [1.29, 1.82) is 0 Å². The fraction of sp³-hybridized carbons (Fsp3) is 0.160. The summed E-state index contributed by atoms with van der Waals surface area (Å²) in [4.78, 5) is 4.37. The van der Waals surface area contributed by atoms with E-state index in [9.17, 15) is 0 Å². The lowest BCUT2D eigenvalue weighted by molar-refractivity contribution is 0.362. The molecule has 0 unspecified atom stereocenters. The van der Waals surface area contributed by atoms with E-state index in [0.29, 0.717) is 0 Å². The fourth-order valence-corrected chi connectivity index (χ4v) is 4.14. The van der Waals surface area contributed by atoms with Gasteiger partial charge in [0.05, 0.1) is 27.7 Å². The third kappa shape index (κ3) is 2.99. The molecule has 0 fully saturated rings. The quantitative estimate of drug-likeness (QED) is 0.420. The molecule has 0 aliphatic carbocycles. The molecule has 0 N–H and O–H groups in total. The van der Waals surface area contributed by atoms with Gasteiger partial charge in [0.15, 0.2) is 0 Å². The lowest BCUT2D eigenvalue weighted by atomic mass is 9.75. The van der Waals surface area contributed by atoms with Crippen molar-refractivity contribution in [2.24, 2.45) is 0 Å². The molecular formula is C25H24N2O3. The summed E-state index contributed by atoms with van der Waals surface area (Å²) in [5, 5.41) is 0. The molecule has 0 saturated heterocycles. The second-order valence-electron chi connectivity index (χ2n) is 6.78. The number of hydrogen-bond acceptors (Lipinski definition) is 4. The van der Waals surface area contributed by atoms with Gasteiger partial charge in [-0.2, -0.15) is 0 Å². The van der Waals surface area contributed by atoms with E-state index in [0.717, 1.165) is 33.9 Å². The van der Waals surface area contributed by atoms with Crippen LogP contribution in [0.3, 0.4) is 0 Å². The molecular weight excluding hydrogens is 376 g/mol. The van der Waals surface area contributed by atoms with Crippen molar-refractivity contribution in [3.63, 3.8) is 0 Å². The molecule has 4 rings (SSSR count). The van der Waals surface area contributed by atoms with Crippen molar-refractivity contribution in [3.05, 3.63) is 108 Å². The zero-order chi connectivity index (χ0) is 21.0. The third-order valence-electron chi connectivity index (χ3n) is 5.38. The van der Waals surface area contributed by atoms with Gasteiger partial charge in [-0.15, -0.1) is 0 Å². The van der Waals surface area contributed by atoms with Crippen molar-refractivity contribution < 1.29 is 14.2 Å². The van der Waals surface area contributed by atoms with Crippen LogP contribution in [0.5, 0.6) is 17.2 Å². The average Bonchev–Trinajstić information content (AvgIpc) is 3.36. The summed E-state index contributed by atoms with van der Waals surface area (Å²) in [6.45, 7) is 0. The Morgan fingerprint density at radius 1 is 0.633 bits per heavy atom.